The second kappa shape index (κ2) is 8.59. The fourth-order valence-corrected chi connectivity index (χ4v) is 7.25. The number of hydrogen-bond donors (Lipinski definition) is 1. The van der Waals surface area contributed by atoms with Crippen LogP contribution in [0.3, 0.4) is 0 Å². The Bertz CT molecular complexity index is 1110. The minimum absolute atomic E-state index is 0.0979. The van der Waals surface area contributed by atoms with E-state index in [-0.39, 0.29) is 5.91 Å². The Morgan fingerprint density at radius 3 is 2.59 bits per heavy atom. The molecule has 0 aliphatic carbocycles. The maximum atomic E-state index is 12.7. The minimum atomic E-state index is -3.48. The molecule has 29 heavy (non-hydrogen) atoms. The first-order valence-electron chi connectivity index (χ1n) is 9.53. The van der Waals surface area contributed by atoms with E-state index in [4.69, 9.17) is 0 Å². The van der Waals surface area contributed by atoms with Crippen LogP contribution in [0.15, 0.2) is 50.6 Å². The summed E-state index contributed by atoms with van der Waals surface area (Å²) in [5, 5.41) is 1.21. The molecule has 1 fully saturated rings. The molecule has 0 saturated carbocycles. The molecule has 0 bridgehead atoms. The van der Waals surface area contributed by atoms with Crippen molar-refractivity contribution in [1.29, 1.82) is 0 Å². The van der Waals surface area contributed by atoms with Crippen molar-refractivity contribution in [3.63, 3.8) is 0 Å². The first-order chi connectivity index (χ1) is 13.9. The number of H-pyrrole nitrogens is 1. The van der Waals surface area contributed by atoms with E-state index < -0.39 is 10.0 Å². The summed E-state index contributed by atoms with van der Waals surface area (Å²) in [5.74, 6) is 0.0979. The van der Waals surface area contributed by atoms with E-state index in [1.807, 2.05) is 24.4 Å². The van der Waals surface area contributed by atoms with Crippen LogP contribution in [0.25, 0.3) is 10.9 Å². The number of aromatic nitrogens is 1. The molecule has 2 aromatic heterocycles. The number of nitrogens with zero attached hydrogens (tertiary/aromatic N) is 2. The first kappa shape index (κ1) is 20.6. The Morgan fingerprint density at radius 1 is 1.10 bits per heavy atom. The number of sulfonamides is 1. The fourth-order valence-electron chi connectivity index (χ4n) is 3.67. The molecule has 0 atom stereocenters. The van der Waals surface area contributed by atoms with Crippen LogP contribution >= 0.6 is 27.3 Å². The quantitative estimate of drug-likeness (QED) is 0.564. The third kappa shape index (κ3) is 4.42. The third-order valence-corrected chi connectivity index (χ3v) is 9.24. The Balaban J connectivity index is 1.28. The van der Waals surface area contributed by atoms with Gasteiger partial charge in [0.1, 0.15) is 4.21 Å². The maximum absolute atomic E-state index is 12.7. The molecule has 1 N–H and O–H groups in total. The van der Waals surface area contributed by atoms with Crippen LogP contribution in [0.5, 0.6) is 0 Å². The summed E-state index contributed by atoms with van der Waals surface area (Å²) >= 11 is 4.52. The molecule has 0 radical (unpaired) electrons. The molecule has 3 heterocycles. The van der Waals surface area contributed by atoms with E-state index in [0.29, 0.717) is 36.8 Å². The van der Waals surface area contributed by atoms with Gasteiger partial charge >= 0.3 is 0 Å². The normalized spacial score (nSPS) is 15.8. The van der Waals surface area contributed by atoms with Gasteiger partial charge in [0.05, 0.1) is 3.79 Å². The molecule has 1 amide bonds. The molecule has 9 heteroatoms. The van der Waals surface area contributed by atoms with Crippen LogP contribution in [0.2, 0.25) is 0 Å². The maximum Gasteiger partial charge on any atom is 0.252 e. The lowest BCUT2D eigenvalue weighted by Gasteiger charge is -2.33. The van der Waals surface area contributed by atoms with Gasteiger partial charge in [-0.1, -0.05) is 18.2 Å². The van der Waals surface area contributed by atoms with Gasteiger partial charge in [-0.2, -0.15) is 4.31 Å². The van der Waals surface area contributed by atoms with Crippen molar-refractivity contribution in [2.45, 2.75) is 23.5 Å². The number of halogens is 1. The lowest BCUT2D eigenvalue weighted by Crippen LogP contribution is -2.50. The van der Waals surface area contributed by atoms with Crippen LogP contribution in [-0.2, 0) is 21.2 Å². The van der Waals surface area contributed by atoms with Gasteiger partial charge in [-0.05, 0) is 52.5 Å². The van der Waals surface area contributed by atoms with Crippen molar-refractivity contribution in [2.24, 2.45) is 0 Å². The monoisotopic (exact) mass is 495 g/mol. The lowest BCUT2D eigenvalue weighted by molar-refractivity contribution is -0.132. The standard InChI is InChI=1S/C20H22BrN3O3S2/c21-18-8-9-20(28-18)29(26,27)24-12-10-23(11-13-24)19(25)7-3-4-15-14-22-17-6-2-1-5-16(15)17/h1-2,5-6,8-9,14,22H,3-4,7,10-13H2. The van der Waals surface area contributed by atoms with E-state index >= 15 is 0 Å². The van der Waals surface area contributed by atoms with Crippen molar-refractivity contribution < 1.29 is 13.2 Å². The molecular formula is C20H22BrN3O3S2. The number of hydrogen-bond acceptors (Lipinski definition) is 4. The Morgan fingerprint density at radius 2 is 1.86 bits per heavy atom. The molecule has 1 aliphatic heterocycles. The molecule has 0 spiro atoms. The second-order valence-corrected chi connectivity index (χ2v) is 11.7. The van der Waals surface area contributed by atoms with Gasteiger partial charge in [0.15, 0.2) is 0 Å². The van der Waals surface area contributed by atoms with Crippen LogP contribution in [-0.4, -0.2) is 54.7 Å². The largest absolute Gasteiger partial charge is 0.361 e. The number of para-hydroxylation sites is 1. The van der Waals surface area contributed by atoms with Gasteiger partial charge in [0.25, 0.3) is 10.0 Å². The average Bonchev–Trinajstić information content (AvgIpc) is 3.35. The molecule has 4 rings (SSSR count). The number of amides is 1. The lowest BCUT2D eigenvalue weighted by atomic mass is 10.1. The molecule has 3 aromatic rings. The average molecular weight is 496 g/mol. The van der Waals surface area contributed by atoms with Crippen LogP contribution in [0, 0.1) is 0 Å². The highest BCUT2D eigenvalue weighted by molar-refractivity contribution is 9.11. The van der Waals surface area contributed by atoms with Crippen LogP contribution in [0.4, 0.5) is 0 Å². The number of fused-ring (bicyclic) bond motifs is 1. The van der Waals surface area contributed by atoms with Crippen molar-refractivity contribution >= 4 is 54.1 Å². The summed E-state index contributed by atoms with van der Waals surface area (Å²) in [5.41, 5.74) is 2.34. The SMILES string of the molecule is O=C(CCCc1c[nH]c2ccccc12)N1CCN(S(=O)(=O)c2ccc(Br)s2)CC1. The van der Waals surface area contributed by atoms with Crippen molar-refractivity contribution in [2.75, 3.05) is 26.2 Å². The number of aryl methyl sites for hydroxylation is 1. The van der Waals surface area contributed by atoms with Gasteiger partial charge in [0.2, 0.25) is 5.91 Å². The molecule has 0 unspecified atom stereocenters. The van der Waals surface area contributed by atoms with Crippen LogP contribution in [0.1, 0.15) is 18.4 Å². The van der Waals surface area contributed by atoms with E-state index in [1.165, 1.54) is 26.6 Å². The number of piperazine rings is 1. The Labute approximate surface area is 182 Å². The highest BCUT2D eigenvalue weighted by Gasteiger charge is 2.30. The van der Waals surface area contributed by atoms with Gasteiger partial charge in [-0.15, -0.1) is 11.3 Å². The molecule has 6 nitrogen and oxygen atoms in total. The highest BCUT2D eigenvalue weighted by Crippen LogP contribution is 2.29. The topological polar surface area (TPSA) is 73.5 Å². The summed E-state index contributed by atoms with van der Waals surface area (Å²) in [6.07, 6.45) is 4.12. The zero-order valence-electron chi connectivity index (χ0n) is 15.8. The van der Waals surface area contributed by atoms with Crippen molar-refractivity contribution in [3.8, 4) is 0 Å². The zero-order chi connectivity index (χ0) is 20.4. The Kier molecular flexibility index (Phi) is 6.10. The molecule has 154 valence electrons. The zero-order valence-corrected chi connectivity index (χ0v) is 19.0. The fraction of sp³-hybridized carbons (Fsp3) is 0.350. The third-order valence-electron chi connectivity index (χ3n) is 5.25. The molecular weight excluding hydrogens is 474 g/mol. The number of aromatic amines is 1. The predicted octanol–water partition coefficient (Wildman–Crippen LogP) is 3.85. The highest BCUT2D eigenvalue weighted by atomic mass is 79.9. The summed E-state index contributed by atoms with van der Waals surface area (Å²) < 4.78 is 28.0. The molecule has 1 saturated heterocycles. The van der Waals surface area contributed by atoms with Gasteiger partial charge in [0, 0.05) is 49.7 Å². The number of benzene rings is 1. The van der Waals surface area contributed by atoms with E-state index in [0.717, 1.165) is 22.1 Å². The van der Waals surface area contributed by atoms with E-state index in [1.54, 1.807) is 17.0 Å². The molecule has 1 aliphatic rings. The predicted molar refractivity (Wildman–Crippen MR) is 119 cm³/mol. The second-order valence-electron chi connectivity index (χ2n) is 7.06. The smallest absolute Gasteiger partial charge is 0.252 e. The van der Waals surface area contributed by atoms with Gasteiger partial charge < -0.3 is 9.88 Å². The van der Waals surface area contributed by atoms with Crippen molar-refractivity contribution in [3.05, 3.63) is 51.9 Å². The van der Waals surface area contributed by atoms with Crippen LogP contribution < -0.4 is 0 Å². The summed E-state index contributed by atoms with van der Waals surface area (Å²) in [7, 11) is -3.48. The first-order valence-corrected chi connectivity index (χ1v) is 12.6. The molecule has 1 aromatic carbocycles. The van der Waals surface area contributed by atoms with Gasteiger partial charge in [-0.25, -0.2) is 8.42 Å². The number of nitrogens with one attached hydrogen (secondary N) is 1. The summed E-state index contributed by atoms with van der Waals surface area (Å²) in [4.78, 5) is 17.6. The summed E-state index contributed by atoms with van der Waals surface area (Å²) in [6.45, 7) is 1.56. The number of carbonyl (C=O) groups is 1. The number of carbonyl (C=O) groups excluding carboxylic acids is 1. The minimum Gasteiger partial charge on any atom is -0.361 e. The van der Waals surface area contributed by atoms with E-state index in [9.17, 15) is 13.2 Å². The van der Waals surface area contributed by atoms with E-state index in [2.05, 4.69) is 27.0 Å². The summed E-state index contributed by atoms with van der Waals surface area (Å²) in [6, 6.07) is 11.5. The number of thiophene rings is 1. The van der Waals surface area contributed by atoms with Crippen molar-refractivity contribution in [1.82, 2.24) is 14.2 Å². The van der Waals surface area contributed by atoms with Gasteiger partial charge in [-0.3, -0.25) is 4.79 Å². The Hall–Kier alpha value is -1.68. The number of rotatable bonds is 6.